The maximum absolute atomic E-state index is 12.4. The minimum atomic E-state index is -4.50. The summed E-state index contributed by atoms with van der Waals surface area (Å²) in [5.41, 5.74) is -0.939. The summed E-state index contributed by atoms with van der Waals surface area (Å²) in [7, 11) is 1.45. The molecule has 0 bridgehead atoms. The number of nitrogens with one attached hydrogen (secondary N) is 2. The lowest BCUT2D eigenvalue weighted by molar-refractivity contribution is -0.137. The van der Waals surface area contributed by atoms with E-state index in [1.54, 1.807) is 0 Å². The van der Waals surface area contributed by atoms with E-state index in [4.69, 9.17) is 11.6 Å². The molecular weight excluding hydrogens is 271 g/mol. The molecule has 0 saturated carbocycles. The lowest BCUT2D eigenvalue weighted by atomic mass is 10.2. The van der Waals surface area contributed by atoms with E-state index >= 15 is 0 Å². The first-order valence-electron chi connectivity index (χ1n) is 4.96. The zero-order valence-corrected chi connectivity index (χ0v) is 10.4. The molecule has 18 heavy (non-hydrogen) atoms. The first-order valence-corrected chi connectivity index (χ1v) is 5.34. The van der Waals surface area contributed by atoms with E-state index in [1.807, 2.05) is 0 Å². The van der Waals surface area contributed by atoms with Crippen molar-refractivity contribution in [3.05, 3.63) is 22.8 Å². The number of alkyl halides is 3. The van der Waals surface area contributed by atoms with Crippen LogP contribution in [0, 0.1) is 0 Å². The number of anilines is 1. The molecule has 1 rings (SSSR count). The molecule has 1 unspecified atom stereocenters. The Morgan fingerprint density at radius 1 is 1.50 bits per heavy atom. The molecule has 1 heterocycles. The summed E-state index contributed by atoms with van der Waals surface area (Å²) in [6.45, 7) is 1.54. The molecule has 1 aromatic rings. The number of carbonyl (C=O) groups is 1. The van der Waals surface area contributed by atoms with Crippen molar-refractivity contribution < 1.29 is 18.0 Å². The van der Waals surface area contributed by atoms with Crippen LogP contribution in [0.5, 0.6) is 0 Å². The highest BCUT2D eigenvalue weighted by Crippen LogP contribution is 2.32. The average molecular weight is 282 g/mol. The van der Waals surface area contributed by atoms with E-state index < -0.39 is 17.8 Å². The molecular formula is C10H11ClF3N3O. The third kappa shape index (κ3) is 3.49. The normalized spacial score (nSPS) is 13.0. The van der Waals surface area contributed by atoms with Crippen LogP contribution in [0.3, 0.4) is 0 Å². The zero-order chi connectivity index (χ0) is 13.9. The van der Waals surface area contributed by atoms with Gasteiger partial charge in [-0.15, -0.1) is 0 Å². The summed E-state index contributed by atoms with van der Waals surface area (Å²) >= 11 is 5.67. The van der Waals surface area contributed by atoms with Crippen LogP contribution < -0.4 is 10.6 Å². The highest BCUT2D eigenvalue weighted by molar-refractivity contribution is 6.33. The van der Waals surface area contributed by atoms with Crippen molar-refractivity contribution in [3.63, 3.8) is 0 Å². The van der Waals surface area contributed by atoms with E-state index in [-0.39, 0.29) is 16.7 Å². The predicted octanol–water partition coefficient (Wildman–Crippen LogP) is 2.30. The van der Waals surface area contributed by atoms with E-state index in [2.05, 4.69) is 15.6 Å². The van der Waals surface area contributed by atoms with E-state index in [9.17, 15) is 18.0 Å². The summed E-state index contributed by atoms with van der Waals surface area (Å²) in [6.07, 6.45) is -3.84. The fourth-order valence-corrected chi connectivity index (χ4v) is 1.41. The zero-order valence-electron chi connectivity index (χ0n) is 9.60. The Labute approximate surface area is 107 Å². The summed E-state index contributed by atoms with van der Waals surface area (Å²) < 4.78 is 37.1. The molecule has 100 valence electrons. The van der Waals surface area contributed by atoms with Gasteiger partial charge in [0.05, 0.1) is 10.6 Å². The summed E-state index contributed by atoms with van der Waals surface area (Å²) in [6, 6.07) is 0.102. The largest absolute Gasteiger partial charge is 0.417 e. The van der Waals surface area contributed by atoms with Crippen molar-refractivity contribution in [3.8, 4) is 0 Å². The Morgan fingerprint density at radius 3 is 2.56 bits per heavy atom. The second-order valence-electron chi connectivity index (χ2n) is 3.53. The van der Waals surface area contributed by atoms with Gasteiger partial charge >= 0.3 is 6.18 Å². The van der Waals surface area contributed by atoms with Crippen LogP contribution in [0.2, 0.25) is 5.02 Å². The quantitative estimate of drug-likeness (QED) is 0.894. The number of hydrogen-bond acceptors (Lipinski definition) is 3. The van der Waals surface area contributed by atoms with Crippen molar-refractivity contribution in [2.24, 2.45) is 0 Å². The maximum atomic E-state index is 12.4. The second-order valence-corrected chi connectivity index (χ2v) is 3.94. The number of carbonyl (C=O) groups excluding carboxylic acids is 1. The second kappa shape index (κ2) is 5.43. The van der Waals surface area contributed by atoms with Crippen LogP contribution in [0.25, 0.3) is 0 Å². The standard InChI is InChI=1S/C10H11ClF3N3O/c1-5(9(18)15-2)17-8-7(11)3-6(4-16-8)10(12,13)14/h3-5H,1-2H3,(H,15,18)(H,16,17). The topological polar surface area (TPSA) is 54.0 Å². The first kappa shape index (κ1) is 14.6. The number of likely N-dealkylation sites (N-methyl/N-ethyl adjacent to an activating group) is 1. The van der Waals surface area contributed by atoms with Gasteiger partial charge in [-0.3, -0.25) is 4.79 Å². The van der Waals surface area contributed by atoms with Crippen molar-refractivity contribution in [1.29, 1.82) is 0 Å². The van der Waals surface area contributed by atoms with Crippen molar-refractivity contribution in [1.82, 2.24) is 10.3 Å². The highest BCUT2D eigenvalue weighted by atomic mass is 35.5. The number of aromatic nitrogens is 1. The number of hydrogen-bond donors (Lipinski definition) is 2. The van der Waals surface area contributed by atoms with Crippen LogP contribution in [0.4, 0.5) is 19.0 Å². The van der Waals surface area contributed by atoms with Gasteiger partial charge in [0.1, 0.15) is 11.9 Å². The highest BCUT2D eigenvalue weighted by Gasteiger charge is 2.31. The Balaban J connectivity index is 2.90. The fourth-order valence-electron chi connectivity index (χ4n) is 1.19. The van der Waals surface area contributed by atoms with E-state index in [0.717, 1.165) is 6.07 Å². The summed E-state index contributed by atoms with van der Waals surface area (Å²) in [5, 5.41) is 4.81. The molecule has 0 saturated heterocycles. The van der Waals surface area contributed by atoms with Gasteiger partial charge in [0.25, 0.3) is 0 Å². The number of halogens is 4. The Kier molecular flexibility index (Phi) is 4.39. The van der Waals surface area contributed by atoms with Crippen molar-refractivity contribution in [2.45, 2.75) is 19.1 Å². The van der Waals surface area contributed by atoms with Crippen LogP contribution in [-0.2, 0) is 11.0 Å². The number of amides is 1. The summed E-state index contributed by atoms with van der Waals surface area (Å²) in [4.78, 5) is 14.8. The van der Waals surface area contributed by atoms with Crippen LogP contribution in [0.15, 0.2) is 12.3 Å². The molecule has 0 aliphatic rings. The van der Waals surface area contributed by atoms with Gasteiger partial charge in [0, 0.05) is 13.2 Å². The molecule has 0 aliphatic carbocycles. The fraction of sp³-hybridized carbons (Fsp3) is 0.400. The van der Waals surface area contributed by atoms with Crippen molar-refractivity contribution >= 4 is 23.3 Å². The SMILES string of the molecule is CNC(=O)C(C)Nc1ncc(C(F)(F)F)cc1Cl. The van der Waals surface area contributed by atoms with Gasteiger partial charge in [0.2, 0.25) is 5.91 Å². The van der Waals surface area contributed by atoms with Crippen LogP contribution >= 0.6 is 11.6 Å². The van der Waals surface area contributed by atoms with E-state index in [0.29, 0.717) is 6.20 Å². The number of nitrogens with zero attached hydrogens (tertiary/aromatic N) is 1. The Bertz CT molecular complexity index is 450. The lowest BCUT2D eigenvalue weighted by Gasteiger charge is -2.15. The van der Waals surface area contributed by atoms with E-state index in [1.165, 1.54) is 14.0 Å². The van der Waals surface area contributed by atoms with Gasteiger partial charge in [-0.05, 0) is 13.0 Å². The third-order valence-electron chi connectivity index (χ3n) is 2.16. The smallest absolute Gasteiger partial charge is 0.357 e. The molecule has 1 aromatic heterocycles. The molecule has 0 aromatic carbocycles. The Hall–Kier alpha value is -1.50. The number of rotatable bonds is 3. The first-order chi connectivity index (χ1) is 8.25. The van der Waals surface area contributed by atoms with Crippen LogP contribution in [-0.4, -0.2) is 24.0 Å². The lowest BCUT2D eigenvalue weighted by Crippen LogP contribution is -2.35. The molecule has 0 radical (unpaired) electrons. The van der Waals surface area contributed by atoms with Gasteiger partial charge in [-0.25, -0.2) is 4.98 Å². The third-order valence-corrected chi connectivity index (χ3v) is 2.45. The van der Waals surface area contributed by atoms with Gasteiger partial charge in [-0.1, -0.05) is 11.6 Å². The average Bonchev–Trinajstić information content (AvgIpc) is 2.29. The minimum absolute atomic E-state index is 0.0285. The molecule has 0 aliphatic heterocycles. The summed E-state index contributed by atoms with van der Waals surface area (Å²) in [5.74, 6) is -0.298. The van der Waals surface area contributed by atoms with Gasteiger partial charge < -0.3 is 10.6 Å². The molecule has 4 nitrogen and oxygen atoms in total. The van der Waals surface area contributed by atoms with Crippen molar-refractivity contribution in [2.75, 3.05) is 12.4 Å². The minimum Gasteiger partial charge on any atom is -0.357 e. The maximum Gasteiger partial charge on any atom is 0.417 e. The Morgan fingerprint density at radius 2 is 2.11 bits per heavy atom. The molecule has 2 N–H and O–H groups in total. The van der Waals surface area contributed by atoms with Gasteiger partial charge in [0.15, 0.2) is 0 Å². The molecule has 8 heteroatoms. The molecule has 0 spiro atoms. The van der Waals surface area contributed by atoms with Crippen LogP contribution in [0.1, 0.15) is 12.5 Å². The predicted molar refractivity (Wildman–Crippen MR) is 61.4 cm³/mol. The molecule has 1 amide bonds. The number of pyridine rings is 1. The monoisotopic (exact) mass is 281 g/mol. The molecule has 0 fully saturated rings. The van der Waals surface area contributed by atoms with Gasteiger partial charge in [-0.2, -0.15) is 13.2 Å². The molecule has 1 atom stereocenters.